The van der Waals surface area contributed by atoms with Gasteiger partial charge in [-0.05, 0) is 56.3 Å². The van der Waals surface area contributed by atoms with E-state index in [1.807, 2.05) is 24.3 Å². The van der Waals surface area contributed by atoms with E-state index in [2.05, 4.69) is 5.32 Å². The number of carbonyl (C=O) groups is 2. The van der Waals surface area contributed by atoms with Crippen molar-refractivity contribution in [2.45, 2.75) is 20.0 Å². The predicted molar refractivity (Wildman–Crippen MR) is 99.8 cm³/mol. The standard InChI is InChI=1S/C21H19NO4/c1-14(2)26-21(24)15-7-9-18(10-8-15)22-20(23)17-11-12-25-19-6-4-3-5-16(19)13-17/h3-14H,1-2H3,(H,22,23). The summed E-state index contributed by atoms with van der Waals surface area (Å²) in [5.41, 5.74) is 2.32. The average molecular weight is 349 g/mol. The topological polar surface area (TPSA) is 64.6 Å². The van der Waals surface area contributed by atoms with Crippen molar-refractivity contribution in [3.63, 3.8) is 0 Å². The first kappa shape index (κ1) is 17.5. The molecule has 0 saturated carbocycles. The summed E-state index contributed by atoms with van der Waals surface area (Å²) in [6, 6.07) is 14.1. The Bertz CT molecular complexity index is 879. The van der Waals surface area contributed by atoms with Gasteiger partial charge in [-0.1, -0.05) is 18.2 Å². The number of esters is 1. The summed E-state index contributed by atoms with van der Waals surface area (Å²) in [7, 11) is 0. The first-order valence-corrected chi connectivity index (χ1v) is 8.29. The van der Waals surface area contributed by atoms with Crippen LogP contribution >= 0.6 is 0 Å². The van der Waals surface area contributed by atoms with Gasteiger partial charge in [-0.3, -0.25) is 4.79 Å². The predicted octanol–water partition coefficient (Wildman–Crippen LogP) is 4.18. The van der Waals surface area contributed by atoms with Crippen LogP contribution in [0.1, 0.15) is 29.8 Å². The van der Waals surface area contributed by atoms with E-state index in [0.29, 0.717) is 22.6 Å². The molecule has 0 atom stereocenters. The smallest absolute Gasteiger partial charge is 0.338 e. The molecule has 2 aromatic rings. The maximum atomic E-state index is 12.5. The lowest BCUT2D eigenvalue weighted by molar-refractivity contribution is -0.112. The van der Waals surface area contributed by atoms with Gasteiger partial charge >= 0.3 is 5.97 Å². The second kappa shape index (κ2) is 7.70. The summed E-state index contributed by atoms with van der Waals surface area (Å²) >= 11 is 0. The number of rotatable bonds is 4. The van der Waals surface area contributed by atoms with Crippen molar-refractivity contribution in [3.8, 4) is 5.75 Å². The third-order valence-electron chi connectivity index (χ3n) is 3.66. The van der Waals surface area contributed by atoms with Gasteiger partial charge in [0.15, 0.2) is 0 Å². The number of hydrogen-bond acceptors (Lipinski definition) is 4. The molecule has 1 aliphatic rings. The number of carbonyl (C=O) groups excluding carboxylic acids is 2. The van der Waals surface area contributed by atoms with Gasteiger partial charge in [0, 0.05) is 16.8 Å². The van der Waals surface area contributed by atoms with Gasteiger partial charge in [-0.15, -0.1) is 0 Å². The summed E-state index contributed by atoms with van der Waals surface area (Å²) in [6.07, 6.45) is 4.69. The van der Waals surface area contributed by atoms with E-state index >= 15 is 0 Å². The van der Waals surface area contributed by atoms with Crippen LogP contribution in [0.15, 0.2) is 66.4 Å². The first-order chi connectivity index (χ1) is 12.5. The lowest BCUT2D eigenvalue weighted by Crippen LogP contribution is -2.14. The van der Waals surface area contributed by atoms with Crippen LogP contribution < -0.4 is 10.1 Å². The molecule has 0 spiro atoms. The Morgan fingerprint density at radius 3 is 2.50 bits per heavy atom. The fourth-order valence-electron chi connectivity index (χ4n) is 2.42. The molecule has 0 saturated heterocycles. The Kier molecular flexibility index (Phi) is 5.17. The minimum absolute atomic E-state index is 0.180. The number of hydrogen-bond donors (Lipinski definition) is 1. The Labute approximate surface area is 151 Å². The molecule has 0 bridgehead atoms. The van der Waals surface area contributed by atoms with Crippen molar-refractivity contribution in [3.05, 3.63) is 77.6 Å². The highest BCUT2D eigenvalue weighted by Gasteiger charge is 2.13. The second-order valence-electron chi connectivity index (χ2n) is 6.04. The van der Waals surface area contributed by atoms with E-state index in [1.165, 1.54) is 6.26 Å². The molecule has 1 amide bonds. The van der Waals surface area contributed by atoms with Gasteiger partial charge in [-0.25, -0.2) is 4.79 Å². The van der Waals surface area contributed by atoms with Crippen molar-refractivity contribution < 1.29 is 19.1 Å². The molecular formula is C21H19NO4. The zero-order valence-electron chi connectivity index (χ0n) is 14.6. The number of ether oxygens (including phenoxy) is 2. The zero-order chi connectivity index (χ0) is 18.5. The van der Waals surface area contributed by atoms with Crippen LogP contribution in [0, 0.1) is 0 Å². The fraction of sp³-hybridized carbons (Fsp3) is 0.143. The quantitative estimate of drug-likeness (QED) is 0.841. The molecule has 1 N–H and O–H groups in total. The monoisotopic (exact) mass is 349 g/mol. The molecule has 0 fully saturated rings. The Balaban J connectivity index is 1.72. The highest BCUT2D eigenvalue weighted by Crippen LogP contribution is 2.24. The normalized spacial score (nSPS) is 12.5. The fourth-order valence-corrected chi connectivity index (χ4v) is 2.42. The SMILES string of the molecule is CC(C)OC(=O)c1ccc(NC(=O)C2=Cc3ccccc3OC=C2)cc1. The number of anilines is 1. The lowest BCUT2D eigenvalue weighted by atomic mass is 10.1. The van der Waals surface area contributed by atoms with E-state index < -0.39 is 0 Å². The molecule has 5 nitrogen and oxygen atoms in total. The van der Waals surface area contributed by atoms with Gasteiger partial charge in [0.1, 0.15) is 5.75 Å². The van der Waals surface area contributed by atoms with Gasteiger partial charge < -0.3 is 14.8 Å². The van der Waals surface area contributed by atoms with Crippen LogP contribution in [0.25, 0.3) is 6.08 Å². The molecule has 0 aromatic heterocycles. The second-order valence-corrected chi connectivity index (χ2v) is 6.04. The van der Waals surface area contributed by atoms with Gasteiger partial charge in [0.2, 0.25) is 0 Å². The third-order valence-corrected chi connectivity index (χ3v) is 3.66. The van der Waals surface area contributed by atoms with Crippen molar-refractivity contribution in [2.75, 3.05) is 5.32 Å². The van der Waals surface area contributed by atoms with E-state index in [9.17, 15) is 9.59 Å². The Morgan fingerprint density at radius 1 is 1.04 bits per heavy atom. The number of benzene rings is 2. The van der Waals surface area contributed by atoms with Gasteiger partial charge in [0.05, 0.1) is 17.9 Å². The molecule has 5 heteroatoms. The molecule has 1 aliphatic heterocycles. The maximum Gasteiger partial charge on any atom is 0.338 e. The summed E-state index contributed by atoms with van der Waals surface area (Å²) in [5, 5.41) is 2.81. The molecule has 3 rings (SSSR count). The Hall–Kier alpha value is -3.34. The molecule has 1 heterocycles. The number of para-hydroxylation sites is 1. The minimum atomic E-state index is -0.388. The van der Waals surface area contributed by atoms with Crippen LogP contribution in [-0.2, 0) is 9.53 Å². The molecular weight excluding hydrogens is 330 g/mol. The molecule has 0 aliphatic carbocycles. The average Bonchev–Trinajstić information content (AvgIpc) is 2.84. The maximum absolute atomic E-state index is 12.5. The van der Waals surface area contributed by atoms with Crippen molar-refractivity contribution in [1.82, 2.24) is 0 Å². The molecule has 0 radical (unpaired) electrons. The van der Waals surface area contributed by atoms with Crippen molar-refractivity contribution in [1.29, 1.82) is 0 Å². The number of amides is 1. The minimum Gasteiger partial charge on any atom is -0.464 e. The van der Waals surface area contributed by atoms with Gasteiger partial charge in [-0.2, -0.15) is 0 Å². The third kappa shape index (κ3) is 4.19. The first-order valence-electron chi connectivity index (χ1n) is 8.29. The van der Waals surface area contributed by atoms with Crippen LogP contribution in [0.5, 0.6) is 5.75 Å². The van der Waals surface area contributed by atoms with E-state index in [4.69, 9.17) is 9.47 Å². The van der Waals surface area contributed by atoms with Crippen LogP contribution in [0.2, 0.25) is 0 Å². The highest BCUT2D eigenvalue weighted by atomic mass is 16.5. The summed E-state index contributed by atoms with van der Waals surface area (Å²) in [6.45, 7) is 3.59. The highest BCUT2D eigenvalue weighted by molar-refractivity contribution is 6.09. The number of nitrogens with one attached hydrogen (secondary N) is 1. The van der Waals surface area contributed by atoms with E-state index in [-0.39, 0.29) is 18.0 Å². The summed E-state index contributed by atoms with van der Waals surface area (Å²) < 4.78 is 10.6. The molecule has 132 valence electrons. The van der Waals surface area contributed by atoms with Gasteiger partial charge in [0.25, 0.3) is 5.91 Å². The zero-order valence-corrected chi connectivity index (χ0v) is 14.6. The summed E-state index contributed by atoms with van der Waals surface area (Å²) in [5.74, 6) is 0.0414. The van der Waals surface area contributed by atoms with Crippen molar-refractivity contribution in [2.24, 2.45) is 0 Å². The largest absolute Gasteiger partial charge is 0.464 e. The van der Waals surface area contributed by atoms with Crippen LogP contribution in [-0.4, -0.2) is 18.0 Å². The Morgan fingerprint density at radius 2 is 1.77 bits per heavy atom. The summed E-state index contributed by atoms with van der Waals surface area (Å²) in [4.78, 5) is 24.4. The van der Waals surface area contributed by atoms with E-state index in [0.717, 1.165) is 5.56 Å². The van der Waals surface area contributed by atoms with Crippen molar-refractivity contribution >= 4 is 23.6 Å². The molecule has 26 heavy (non-hydrogen) atoms. The van der Waals surface area contributed by atoms with Crippen LogP contribution in [0.3, 0.4) is 0 Å². The molecule has 2 aromatic carbocycles. The van der Waals surface area contributed by atoms with Crippen LogP contribution in [0.4, 0.5) is 5.69 Å². The lowest BCUT2D eigenvalue weighted by Gasteiger charge is -2.09. The molecule has 0 unspecified atom stereocenters. The van der Waals surface area contributed by atoms with E-state index in [1.54, 1.807) is 50.3 Å². The number of fused-ring (bicyclic) bond motifs is 1.